The number of piperidine rings is 1. The van der Waals surface area contributed by atoms with Crippen LogP contribution in [-0.2, 0) is 9.47 Å². The van der Waals surface area contributed by atoms with Gasteiger partial charge in [0.2, 0.25) is 0 Å². The lowest BCUT2D eigenvalue weighted by Crippen LogP contribution is -2.50. The monoisotopic (exact) mass is 332 g/mol. The van der Waals surface area contributed by atoms with Crippen LogP contribution in [-0.4, -0.2) is 61.8 Å². The van der Waals surface area contributed by atoms with E-state index < -0.39 is 6.10 Å². The van der Waals surface area contributed by atoms with Crippen molar-refractivity contribution in [2.75, 3.05) is 31.2 Å². The van der Waals surface area contributed by atoms with Crippen LogP contribution < -0.4 is 10.2 Å². The van der Waals surface area contributed by atoms with Crippen molar-refractivity contribution >= 4 is 5.69 Å². The summed E-state index contributed by atoms with van der Waals surface area (Å²) in [5.74, 6) is 0. The van der Waals surface area contributed by atoms with E-state index in [2.05, 4.69) is 42.3 Å². The highest BCUT2D eigenvalue weighted by Crippen LogP contribution is 2.29. The topological polar surface area (TPSA) is 54.0 Å². The average Bonchev–Trinajstić information content (AvgIpc) is 3.15. The van der Waals surface area contributed by atoms with Crippen LogP contribution in [0, 0.1) is 13.8 Å². The number of nitrogens with zero attached hydrogens (tertiary/aromatic N) is 1. The molecule has 24 heavy (non-hydrogen) atoms. The Morgan fingerprint density at radius 2 is 1.83 bits per heavy atom. The van der Waals surface area contributed by atoms with Crippen molar-refractivity contribution < 1.29 is 14.6 Å². The normalized spacial score (nSPS) is 33.9. The molecule has 3 heterocycles. The molecule has 0 aliphatic carbocycles. The van der Waals surface area contributed by atoms with E-state index in [-0.39, 0.29) is 18.2 Å². The van der Waals surface area contributed by atoms with Gasteiger partial charge in [0.1, 0.15) is 18.3 Å². The van der Waals surface area contributed by atoms with Crippen LogP contribution >= 0.6 is 0 Å². The number of fused-ring (bicyclic) bond motifs is 1. The number of aryl methyl sites for hydroxylation is 1. The fourth-order valence-corrected chi connectivity index (χ4v) is 4.29. The van der Waals surface area contributed by atoms with E-state index in [4.69, 9.17) is 9.47 Å². The second-order valence-corrected chi connectivity index (χ2v) is 7.42. The Kier molecular flexibility index (Phi) is 4.52. The molecule has 4 rings (SSSR count). The summed E-state index contributed by atoms with van der Waals surface area (Å²) in [5.41, 5.74) is 4.13. The van der Waals surface area contributed by atoms with E-state index in [0.717, 1.165) is 25.9 Å². The lowest BCUT2D eigenvalue weighted by Gasteiger charge is -2.36. The molecule has 0 aromatic heterocycles. The predicted molar refractivity (Wildman–Crippen MR) is 93.6 cm³/mol. The lowest BCUT2D eigenvalue weighted by atomic mass is 9.99. The number of hydrogen-bond acceptors (Lipinski definition) is 5. The standard InChI is InChI=1S/C19H28N2O3/c1-12-4-3-5-16(13(12)2)21-8-6-14(7-9-21)20-15-10-23-19-17(22)11-24-18(15)19/h3-5,14-15,17-20,22H,6-11H2,1-2H3/t15-,17-,18+,19+/m0/s1. The maximum Gasteiger partial charge on any atom is 0.113 e. The summed E-state index contributed by atoms with van der Waals surface area (Å²) in [6.45, 7) is 7.59. The number of nitrogens with one attached hydrogen (secondary N) is 1. The van der Waals surface area contributed by atoms with Crippen LogP contribution in [0.4, 0.5) is 5.69 Å². The maximum absolute atomic E-state index is 9.85. The van der Waals surface area contributed by atoms with Crippen LogP contribution in [0.1, 0.15) is 24.0 Å². The highest BCUT2D eigenvalue weighted by molar-refractivity contribution is 5.56. The second-order valence-electron chi connectivity index (χ2n) is 7.42. The van der Waals surface area contributed by atoms with Gasteiger partial charge < -0.3 is 24.8 Å². The third kappa shape index (κ3) is 2.94. The molecule has 3 fully saturated rings. The first-order valence-electron chi connectivity index (χ1n) is 9.12. The number of aliphatic hydroxyl groups is 1. The number of ether oxygens (including phenoxy) is 2. The molecule has 0 unspecified atom stereocenters. The van der Waals surface area contributed by atoms with Crippen molar-refractivity contribution in [1.29, 1.82) is 0 Å². The van der Waals surface area contributed by atoms with Crippen molar-refractivity contribution in [2.45, 2.75) is 57.1 Å². The maximum atomic E-state index is 9.85. The molecule has 1 aromatic carbocycles. The van der Waals surface area contributed by atoms with Crippen molar-refractivity contribution in [3.63, 3.8) is 0 Å². The zero-order chi connectivity index (χ0) is 16.7. The van der Waals surface area contributed by atoms with Crippen LogP contribution in [0.3, 0.4) is 0 Å². The Hall–Kier alpha value is -1.14. The van der Waals surface area contributed by atoms with Gasteiger partial charge in [0.05, 0.1) is 19.3 Å². The molecule has 4 atom stereocenters. The van der Waals surface area contributed by atoms with Crippen LogP contribution in [0.2, 0.25) is 0 Å². The van der Waals surface area contributed by atoms with Crippen molar-refractivity contribution in [3.05, 3.63) is 29.3 Å². The molecule has 5 heteroatoms. The molecule has 5 nitrogen and oxygen atoms in total. The van der Waals surface area contributed by atoms with Gasteiger partial charge in [-0.05, 0) is 43.9 Å². The van der Waals surface area contributed by atoms with Gasteiger partial charge in [-0.3, -0.25) is 0 Å². The molecule has 3 aliphatic heterocycles. The summed E-state index contributed by atoms with van der Waals surface area (Å²) in [6.07, 6.45) is 1.66. The SMILES string of the molecule is Cc1cccc(N2CCC(N[C@H]3CO[C@H]4[C@@H]3OC[C@@H]4O)CC2)c1C. The van der Waals surface area contributed by atoms with Gasteiger partial charge in [0.15, 0.2) is 0 Å². The Labute approximate surface area is 143 Å². The first kappa shape index (κ1) is 16.3. The number of rotatable bonds is 3. The minimum Gasteiger partial charge on any atom is -0.388 e. The van der Waals surface area contributed by atoms with Crippen molar-refractivity contribution in [3.8, 4) is 0 Å². The van der Waals surface area contributed by atoms with Gasteiger partial charge in [-0.15, -0.1) is 0 Å². The Morgan fingerprint density at radius 1 is 1.08 bits per heavy atom. The third-order valence-electron chi connectivity index (χ3n) is 5.89. The molecule has 0 spiro atoms. The second kappa shape index (κ2) is 6.64. The van der Waals surface area contributed by atoms with Gasteiger partial charge in [0.25, 0.3) is 0 Å². The molecule has 132 valence electrons. The minimum atomic E-state index is -0.465. The Balaban J connectivity index is 1.33. The largest absolute Gasteiger partial charge is 0.388 e. The highest BCUT2D eigenvalue weighted by Gasteiger charge is 2.47. The summed E-state index contributed by atoms with van der Waals surface area (Å²) >= 11 is 0. The van der Waals surface area contributed by atoms with Crippen molar-refractivity contribution in [1.82, 2.24) is 5.32 Å². The van der Waals surface area contributed by atoms with Crippen molar-refractivity contribution in [2.24, 2.45) is 0 Å². The Morgan fingerprint density at radius 3 is 2.62 bits per heavy atom. The molecule has 0 radical (unpaired) electrons. The molecule has 3 aliphatic rings. The summed E-state index contributed by atoms with van der Waals surface area (Å²) in [6, 6.07) is 7.28. The molecule has 2 N–H and O–H groups in total. The summed E-state index contributed by atoms with van der Waals surface area (Å²) in [4.78, 5) is 2.50. The number of benzene rings is 1. The third-order valence-corrected chi connectivity index (χ3v) is 5.89. The van der Waals surface area contributed by atoms with Gasteiger partial charge in [-0.25, -0.2) is 0 Å². The molecular weight excluding hydrogens is 304 g/mol. The van der Waals surface area contributed by atoms with E-state index in [9.17, 15) is 5.11 Å². The molecule has 0 saturated carbocycles. The molecular formula is C19H28N2O3. The van der Waals surface area contributed by atoms with Gasteiger partial charge in [-0.1, -0.05) is 12.1 Å². The van der Waals surface area contributed by atoms with E-state index >= 15 is 0 Å². The average molecular weight is 332 g/mol. The predicted octanol–water partition coefficient (Wildman–Crippen LogP) is 1.39. The summed E-state index contributed by atoms with van der Waals surface area (Å²) < 4.78 is 11.4. The molecule has 1 aromatic rings. The molecule has 0 bridgehead atoms. The zero-order valence-electron chi connectivity index (χ0n) is 14.6. The van der Waals surface area contributed by atoms with E-state index in [0.29, 0.717) is 19.3 Å². The molecule has 3 saturated heterocycles. The van der Waals surface area contributed by atoms with Gasteiger partial charge in [-0.2, -0.15) is 0 Å². The lowest BCUT2D eigenvalue weighted by molar-refractivity contribution is 0.0176. The quantitative estimate of drug-likeness (QED) is 0.876. The van der Waals surface area contributed by atoms with Crippen LogP contribution in [0.25, 0.3) is 0 Å². The fraction of sp³-hybridized carbons (Fsp3) is 0.684. The smallest absolute Gasteiger partial charge is 0.113 e. The number of anilines is 1. The van der Waals surface area contributed by atoms with E-state index in [1.807, 2.05) is 0 Å². The zero-order valence-corrected chi connectivity index (χ0v) is 14.6. The number of aliphatic hydroxyl groups excluding tert-OH is 1. The minimum absolute atomic E-state index is 0.0112. The van der Waals surface area contributed by atoms with Crippen LogP contribution in [0.5, 0.6) is 0 Å². The summed E-state index contributed by atoms with van der Waals surface area (Å²) in [5, 5.41) is 13.6. The first-order chi connectivity index (χ1) is 11.6. The summed E-state index contributed by atoms with van der Waals surface area (Å²) in [7, 11) is 0. The molecule has 0 amide bonds. The fourth-order valence-electron chi connectivity index (χ4n) is 4.29. The van der Waals surface area contributed by atoms with Crippen LogP contribution in [0.15, 0.2) is 18.2 Å². The Bertz CT molecular complexity index is 586. The van der Waals surface area contributed by atoms with Gasteiger partial charge in [0, 0.05) is 24.8 Å². The first-order valence-corrected chi connectivity index (χ1v) is 9.12. The highest BCUT2D eigenvalue weighted by atomic mass is 16.6. The van der Waals surface area contributed by atoms with E-state index in [1.54, 1.807) is 0 Å². The van der Waals surface area contributed by atoms with E-state index in [1.165, 1.54) is 16.8 Å². The number of hydrogen-bond donors (Lipinski definition) is 2. The van der Waals surface area contributed by atoms with Gasteiger partial charge >= 0.3 is 0 Å².